The molecule has 2 aliphatic carbocycles. The molecule has 8 rings (SSSR count). The van der Waals surface area contributed by atoms with E-state index in [1.807, 2.05) is 0 Å². The topological polar surface area (TPSA) is 199 Å². The van der Waals surface area contributed by atoms with Crippen LogP contribution in [0.15, 0.2) is 55.9 Å². The molecule has 16 nitrogen and oxygen atoms in total. The van der Waals surface area contributed by atoms with Crippen molar-refractivity contribution >= 4 is 23.2 Å². The summed E-state index contributed by atoms with van der Waals surface area (Å²) in [7, 11) is 7.56. The molecule has 0 saturated heterocycles. The maximum Gasteiger partial charge on any atom is 0.247 e. The van der Waals surface area contributed by atoms with Gasteiger partial charge in [-0.1, -0.05) is 13.2 Å². The number of halogens is 3. The summed E-state index contributed by atoms with van der Waals surface area (Å²) in [4.78, 5) is 23.6. The predicted octanol–water partition coefficient (Wildman–Crippen LogP) is 7.34. The van der Waals surface area contributed by atoms with Gasteiger partial charge in [0.25, 0.3) is 0 Å². The Labute approximate surface area is 366 Å². The van der Waals surface area contributed by atoms with Gasteiger partial charge < -0.3 is 30.0 Å². The van der Waals surface area contributed by atoms with E-state index in [4.69, 9.17) is 14.2 Å². The first-order valence-corrected chi connectivity index (χ1v) is 20.5. The molecule has 64 heavy (non-hydrogen) atoms. The van der Waals surface area contributed by atoms with Crippen molar-refractivity contribution in [2.75, 3.05) is 32.0 Å². The fraction of sp³-hybridized carbons (Fsp3) is 0.333. The van der Waals surface area contributed by atoms with Gasteiger partial charge in [0.05, 0.1) is 32.7 Å². The summed E-state index contributed by atoms with van der Waals surface area (Å²) >= 11 is 0. The zero-order chi connectivity index (χ0) is 45.8. The van der Waals surface area contributed by atoms with Crippen molar-refractivity contribution in [1.29, 1.82) is 0 Å². The van der Waals surface area contributed by atoms with Crippen molar-refractivity contribution in [2.45, 2.75) is 63.2 Å². The van der Waals surface area contributed by atoms with Gasteiger partial charge in [0.1, 0.15) is 28.5 Å². The number of fused-ring (bicyclic) bond motifs is 2. The number of nitrogens with zero attached hydrogens (tertiary/aromatic N) is 6. The Kier molecular flexibility index (Phi) is 13.3. The third-order valence-corrected chi connectivity index (χ3v) is 11.5. The fourth-order valence-electron chi connectivity index (χ4n) is 8.52. The number of methoxy groups -OCH3 is 3. The van der Waals surface area contributed by atoms with E-state index < -0.39 is 23.4 Å². The number of aromatic amines is 2. The van der Waals surface area contributed by atoms with Gasteiger partial charge in [-0.05, 0) is 87.0 Å². The number of aromatic hydroxyl groups is 1. The lowest BCUT2D eigenvalue weighted by molar-refractivity contribution is -0.112. The largest absolute Gasteiger partial charge is 0.508 e. The van der Waals surface area contributed by atoms with Crippen LogP contribution in [0, 0.1) is 17.5 Å². The second-order valence-electron chi connectivity index (χ2n) is 15.5. The number of rotatable bonds is 11. The lowest BCUT2D eigenvalue weighted by Crippen LogP contribution is -2.10. The van der Waals surface area contributed by atoms with Gasteiger partial charge in [0.15, 0.2) is 34.7 Å². The molecule has 2 aliphatic rings. The first-order chi connectivity index (χ1) is 30.8. The van der Waals surface area contributed by atoms with Crippen LogP contribution in [-0.4, -0.2) is 78.2 Å². The van der Waals surface area contributed by atoms with Gasteiger partial charge in [-0.2, -0.15) is 20.4 Å². The maximum atomic E-state index is 15.1. The van der Waals surface area contributed by atoms with Gasteiger partial charge in [-0.3, -0.25) is 29.2 Å². The number of phenols is 1. The van der Waals surface area contributed by atoms with Gasteiger partial charge in [-0.15, -0.1) is 0 Å². The van der Waals surface area contributed by atoms with Crippen molar-refractivity contribution in [2.24, 2.45) is 14.1 Å². The van der Waals surface area contributed by atoms with E-state index in [2.05, 4.69) is 54.4 Å². The number of amides is 2. The highest BCUT2D eigenvalue weighted by atomic mass is 19.1. The zero-order valence-corrected chi connectivity index (χ0v) is 36.1. The van der Waals surface area contributed by atoms with Gasteiger partial charge in [0, 0.05) is 66.7 Å². The number of hydrogen-bond acceptors (Lipinski definition) is 10. The molecule has 336 valence electrons. The van der Waals surface area contributed by atoms with E-state index in [1.165, 1.54) is 51.7 Å². The molecule has 2 atom stereocenters. The molecular formula is C45H49F3N10O6. The van der Waals surface area contributed by atoms with Crippen molar-refractivity contribution in [3.63, 3.8) is 0 Å². The third-order valence-electron chi connectivity index (χ3n) is 11.5. The molecule has 4 heterocycles. The number of H-pyrrole nitrogens is 2. The highest BCUT2D eigenvalue weighted by Crippen LogP contribution is 2.43. The maximum absolute atomic E-state index is 15.1. The summed E-state index contributed by atoms with van der Waals surface area (Å²) in [5, 5.41) is 39.5. The summed E-state index contributed by atoms with van der Waals surface area (Å²) in [5.74, 6) is -3.28. The highest BCUT2D eigenvalue weighted by Gasteiger charge is 2.32. The number of carbonyl (C=O) groups excluding carboxylic acids is 2. The normalized spacial score (nSPS) is 15.6. The number of phenolic OH excluding ortho intramolecular Hbond substituents is 1. The van der Waals surface area contributed by atoms with E-state index >= 15 is 8.78 Å². The van der Waals surface area contributed by atoms with Gasteiger partial charge >= 0.3 is 0 Å². The monoisotopic (exact) mass is 882 g/mol. The number of hydrogen-bond donors (Lipinski definition) is 5. The molecule has 0 radical (unpaired) electrons. The summed E-state index contributed by atoms with van der Waals surface area (Å²) in [5.41, 5.74) is 7.39. The zero-order valence-electron chi connectivity index (χ0n) is 36.1. The van der Waals surface area contributed by atoms with E-state index in [9.17, 15) is 19.1 Å². The lowest BCUT2D eigenvalue weighted by atomic mass is 9.90. The smallest absolute Gasteiger partial charge is 0.247 e. The standard InChI is InChI=1S/C23H25F2N5O3.C22H24FN5O3/c1-5-18(31)26-15-11-30(2)29-23(15)22-13-8-6-7-12(9-14(13)27-28-22)19-20(24)16(32-3)10-17(33-4)21(19)25;1-4-19(30)24-17-11-28(2)27-22(17)21-14-7-5-6-12(8-16(14)25-26-21)15-9-13(29)10-18(31-3)20(15)23/h5,10-12H,1,6-9H2,2-4H3,(H,26,31)(H,27,28);4,9-12,29H,1,5-8H2,2-3H3,(H,24,30)(H,25,26). The quantitative estimate of drug-likeness (QED) is 0.0648. The Morgan fingerprint density at radius 2 is 1.17 bits per heavy atom. The van der Waals surface area contributed by atoms with E-state index in [-0.39, 0.29) is 46.3 Å². The molecule has 19 heteroatoms. The summed E-state index contributed by atoms with van der Waals surface area (Å²) in [6, 6.07) is 3.95. The number of aromatic nitrogens is 8. The van der Waals surface area contributed by atoms with Crippen LogP contribution in [0.4, 0.5) is 24.5 Å². The molecule has 2 aromatic carbocycles. The molecule has 0 aliphatic heterocycles. The number of carbonyl (C=O) groups is 2. The van der Waals surface area contributed by atoms with Crippen LogP contribution in [0.2, 0.25) is 0 Å². The van der Waals surface area contributed by atoms with Crippen LogP contribution in [0.5, 0.6) is 23.0 Å². The predicted molar refractivity (Wildman–Crippen MR) is 232 cm³/mol. The van der Waals surface area contributed by atoms with Crippen LogP contribution in [0.3, 0.4) is 0 Å². The molecule has 0 spiro atoms. The van der Waals surface area contributed by atoms with Crippen molar-refractivity contribution in [1.82, 2.24) is 40.0 Å². The Morgan fingerprint density at radius 1 is 0.719 bits per heavy atom. The summed E-state index contributed by atoms with van der Waals surface area (Å²) in [6.45, 7) is 6.96. The Bertz CT molecular complexity index is 2710. The van der Waals surface area contributed by atoms with Gasteiger partial charge in [0.2, 0.25) is 11.8 Å². The Balaban J connectivity index is 0.000000192. The average molecular weight is 883 g/mol. The lowest BCUT2D eigenvalue weighted by Gasteiger charge is -2.19. The number of benzene rings is 2. The number of aryl methyl sites for hydroxylation is 2. The molecule has 0 saturated carbocycles. The molecule has 0 fully saturated rings. The second-order valence-corrected chi connectivity index (χ2v) is 15.5. The number of nitrogens with one attached hydrogen (secondary N) is 4. The minimum atomic E-state index is -0.719. The third kappa shape index (κ3) is 8.95. The SMILES string of the molecule is C=CC(=O)Nc1cn(C)nc1-c1n[nH]c2c1CCCC(c1c(F)c(OC)cc(OC)c1F)C2.C=CC(=O)Nc1cn(C)nc1-c1n[nH]c2c1CCCC(c1cc(O)cc(OC)c1F)C2. The Morgan fingerprint density at radius 3 is 1.64 bits per heavy atom. The summed E-state index contributed by atoms with van der Waals surface area (Å²) < 4.78 is 63.6. The molecule has 5 N–H and O–H groups in total. The Hall–Kier alpha value is -7.31. The van der Waals surface area contributed by atoms with Gasteiger partial charge in [-0.25, -0.2) is 13.2 Å². The fourth-order valence-corrected chi connectivity index (χ4v) is 8.52. The van der Waals surface area contributed by atoms with Crippen LogP contribution in [0.25, 0.3) is 22.8 Å². The minimum absolute atomic E-state index is 0.0286. The molecule has 2 amide bonds. The molecule has 0 bridgehead atoms. The number of ether oxygens (including phenoxy) is 3. The summed E-state index contributed by atoms with van der Waals surface area (Å²) in [6.07, 6.45) is 10.8. The minimum Gasteiger partial charge on any atom is -0.508 e. The number of anilines is 2. The van der Waals surface area contributed by atoms with Crippen LogP contribution in [0.1, 0.15) is 71.2 Å². The molecule has 6 aromatic rings. The van der Waals surface area contributed by atoms with E-state index in [0.717, 1.165) is 41.8 Å². The average Bonchev–Trinajstić information content (AvgIpc) is 3.99. The molecule has 4 aromatic heterocycles. The molecular weight excluding hydrogens is 834 g/mol. The van der Waals surface area contributed by atoms with E-state index in [0.29, 0.717) is 71.8 Å². The van der Waals surface area contributed by atoms with Crippen molar-refractivity contribution in [3.8, 4) is 45.8 Å². The van der Waals surface area contributed by atoms with E-state index in [1.54, 1.807) is 35.9 Å². The highest BCUT2D eigenvalue weighted by molar-refractivity contribution is 6.01. The first-order valence-electron chi connectivity index (χ1n) is 20.5. The van der Waals surface area contributed by atoms with Crippen molar-refractivity contribution in [3.05, 3.63) is 107 Å². The van der Waals surface area contributed by atoms with Crippen LogP contribution >= 0.6 is 0 Å². The van der Waals surface area contributed by atoms with Crippen LogP contribution < -0.4 is 24.8 Å². The molecule has 2 unspecified atom stereocenters. The second kappa shape index (κ2) is 19.0. The van der Waals surface area contributed by atoms with Crippen molar-refractivity contribution < 1.29 is 42.1 Å². The van der Waals surface area contributed by atoms with Crippen LogP contribution in [-0.2, 0) is 49.4 Å². The first kappa shape index (κ1) is 44.7.